The molecule has 2 aliphatic rings. The number of carbonyl (C=O) groups excluding carboxylic acids is 1. The monoisotopic (exact) mass is 285 g/mol. The van der Waals surface area contributed by atoms with E-state index in [1.54, 1.807) is 0 Å². The lowest BCUT2D eigenvalue weighted by molar-refractivity contribution is -0.0546. The lowest BCUT2D eigenvalue weighted by atomic mass is 9.65. The van der Waals surface area contributed by atoms with E-state index in [-0.39, 0.29) is 11.9 Å². The molecule has 2 aromatic rings. The van der Waals surface area contributed by atoms with Crippen molar-refractivity contribution in [2.45, 2.75) is 31.9 Å². The third-order valence-corrected chi connectivity index (χ3v) is 4.90. The van der Waals surface area contributed by atoms with Crippen molar-refractivity contribution in [3.63, 3.8) is 0 Å². The van der Waals surface area contributed by atoms with Gasteiger partial charge < -0.3 is 15.0 Å². The molecular formula is C16H19N3O2. The molecule has 110 valence electrons. The van der Waals surface area contributed by atoms with Crippen LogP contribution in [0.25, 0.3) is 11.0 Å². The molecule has 1 aliphatic carbocycles. The molecule has 1 saturated carbocycles. The maximum atomic E-state index is 12.4. The highest BCUT2D eigenvalue weighted by Gasteiger charge is 2.53. The molecule has 2 fully saturated rings. The normalized spacial score (nSPS) is 30.9. The Labute approximate surface area is 123 Å². The Kier molecular flexibility index (Phi) is 2.96. The number of amides is 1. The zero-order valence-corrected chi connectivity index (χ0v) is 12.0. The average molecular weight is 285 g/mol. The van der Waals surface area contributed by atoms with Crippen molar-refractivity contribution >= 4 is 16.9 Å². The van der Waals surface area contributed by atoms with E-state index in [0.717, 1.165) is 30.5 Å². The van der Waals surface area contributed by atoms with E-state index in [1.165, 1.54) is 0 Å². The van der Waals surface area contributed by atoms with Crippen LogP contribution in [0.1, 0.15) is 30.4 Å². The quantitative estimate of drug-likeness (QED) is 0.907. The van der Waals surface area contributed by atoms with Crippen LogP contribution in [-0.2, 0) is 4.74 Å². The van der Waals surface area contributed by atoms with E-state index in [2.05, 4.69) is 22.2 Å². The molecule has 1 saturated heterocycles. The van der Waals surface area contributed by atoms with Crippen LogP contribution in [0, 0.1) is 11.8 Å². The fraction of sp³-hybridized carbons (Fsp3) is 0.500. The molecule has 1 aliphatic heterocycles. The summed E-state index contributed by atoms with van der Waals surface area (Å²) in [6.07, 6.45) is 2.43. The summed E-state index contributed by atoms with van der Waals surface area (Å²) in [5.74, 6) is 1.20. The van der Waals surface area contributed by atoms with Gasteiger partial charge in [-0.25, -0.2) is 4.98 Å². The second kappa shape index (κ2) is 4.84. The minimum atomic E-state index is -0.111. The number of H-pyrrole nitrogens is 1. The lowest BCUT2D eigenvalue weighted by Crippen LogP contribution is -2.61. The van der Waals surface area contributed by atoms with E-state index in [9.17, 15) is 4.79 Å². The zero-order chi connectivity index (χ0) is 14.4. The van der Waals surface area contributed by atoms with Gasteiger partial charge in [0, 0.05) is 24.5 Å². The molecule has 5 heteroatoms. The number of nitrogens with one attached hydrogen (secondary N) is 2. The van der Waals surface area contributed by atoms with E-state index in [4.69, 9.17) is 4.74 Å². The lowest BCUT2D eigenvalue weighted by Gasteiger charge is -2.47. The van der Waals surface area contributed by atoms with Crippen LogP contribution in [-0.4, -0.2) is 34.6 Å². The van der Waals surface area contributed by atoms with Crippen LogP contribution in [0.4, 0.5) is 0 Å². The van der Waals surface area contributed by atoms with Crippen molar-refractivity contribution in [1.82, 2.24) is 15.3 Å². The topological polar surface area (TPSA) is 67.0 Å². The largest absolute Gasteiger partial charge is 0.377 e. The molecular weight excluding hydrogens is 266 g/mol. The highest BCUT2D eigenvalue weighted by Crippen LogP contribution is 2.45. The Morgan fingerprint density at radius 2 is 2.33 bits per heavy atom. The zero-order valence-electron chi connectivity index (χ0n) is 12.0. The van der Waals surface area contributed by atoms with Crippen molar-refractivity contribution in [2.24, 2.45) is 11.8 Å². The summed E-state index contributed by atoms with van der Waals surface area (Å²) in [5, 5.41) is 3.15. The summed E-state index contributed by atoms with van der Waals surface area (Å²) in [6, 6.07) is 7.91. The third kappa shape index (κ3) is 1.95. The van der Waals surface area contributed by atoms with Crippen molar-refractivity contribution in [3.05, 3.63) is 30.1 Å². The summed E-state index contributed by atoms with van der Waals surface area (Å²) in [7, 11) is 0. The molecule has 0 radical (unpaired) electrons. The first-order valence-electron chi connectivity index (χ1n) is 7.65. The van der Waals surface area contributed by atoms with E-state index in [1.807, 2.05) is 24.3 Å². The predicted octanol–water partition coefficient (Wildman–Crippen LogP) is 2.11. The Bertz CT molecular complexity index is 648. The van der Waals surface area contributed by atoms with Crippen LogP contribution in [0.2, 0.25) is 0 Å². The second-order valence-electron chi connectivity index (χ2n) is 5.96. The summed E-state index contributed by atoms with van der Waals surface area (Å²) in [4.78, 5) is 19.9. The van der Waals surface area contributed by atoms with Gasteiger partial charge in [0.15, 0.2) is 5.82 Å². The molecule has 21 heavy (non-hydrogen) atoms. The van der Waals surface area contributed by atoms with E-state index in [0.29, 0.717) is 23.8 Å². The van der Waals surface area contributed by atoms with Gasteiger partial charge in [0.2, 0.25) is 0 Å². The highest BCUT2D eigenvalue weighted by molar-refractivity contribution is 5.94. The first-order chi connectivity index (χ1) is 10.3. The minimum absolute atomic E-state index is 0.111. The smallest absolute Gasteiger partial charge is 0.287 e. The van der Waals surface area contributed by atoms with Crippen LogP contribution < -0.4 is 5.32 Å². The van der Waals surface area contributed by atoms with Gasteiger partial charge in [-0.1, -0.05) is 19.1 Å². The Morgan fingerprint density at radius 1 is 1.48 bits per heavy atom. The maximum absolute atomic E-state index is 12.4. The summed E-state index contributed by atoms with van der Waals surface area (Å²) >= 11 is 0. The number of fused-ring (bicyclic) bond motifs is 2. The van der Waals surface area contributed by atoms with Gasteiger partial charge in [0.05, 0.1) is 17.1 Å². The number of ether oxygens (including phenoxy) is 1. The molecule has 0 spiro atoms. The third-order valence-electron chi connectivity index (χ3n) is 4.90. The van der Waals surface area contributed by atoms with Crippen LogP contribution in [0.15, 0.2) is 24.3 Å². The SMILES string of the molecule is CC[C@@H]1[C@@H](NC(=O)c2nc3ccccc3[nH]2)[C@@H]2CCO[C@H]12. The average Bonchev–Trinajstić information content (AvgIpc) is 3.09. The first-order valence-corrected chi connectivity index (χ1v) is 7.65. The number of aromatic nitrogens is 2. The second-order valence-corrected chi connectivity index (χ2v) is 5.96. The van der Waals surface area contributed by atoms with Gasteiger partial charge >= 0.3 is 0 Å². The first kappa shape index (κ1) is 12.8. The number of benzene rings is 1. The molecule has 1 amide bonds. The van der Waals surface area contributed by atoms with Gasteiger partial charge in [-0.05, 0) is 25.0 Å². The number of rotatable bonds is 3. The Balaban J connectivity index is 1.52. The van der Waals surface area contributed by atoms with Crippen molar-refractivity contribution < 1.29 is 9.53 Å². The molecule has 1 aromatic carbocycles. The molecule has 0 unspecified atom stereocenters. The fourth-order valence-corrected chi connectivity index (χ4v) is 3.81. The van der Waals surface area contributed by atoms with Gasteiger partial charge in [0.1, 0.15) is 0 Å². The van der Waals surface area contributed by atoms with Crippen molar-refractivity contribution in [1.29, 1.82) is 0 Å². The standard InChI is InChI=1S/C16H19N3O2/c1-2-9-13(10-7-8-21-14(9)10)19-16(20)15-17-11-5-3-4-6-12(11)18-15/h3-6,9-10,13-14H,2,7-8H2,1H3,(H,17,18)(H,19,20)/t9-,10+,13-,14-/m1/s1. The molecule has 2 heterocycles. The number of carbonyl (C=O) groups is 1. The minimum Gasteiger partial charge on any atom is -0.377 e. The molecule has 5 nitrogen and oxygen atoms in total. The van der Waals surface area contributed by atoms with Crippen LogP contribution in [0.5, 0.6) is 0 Å². The van der Waals surface area contributed by atoms with Crippen molar-refractivity contribution in [3.8, 4) is 0 Å². The Hall–Kier alpha value is -1.88. The van der Waals surface area contributed by atoms with Crippen LogP contribution >= 0.6 is 0 Å². The number of para-hydroxylation sites is 2. The summed E-state index contributed by atoms with van der Waals surface area (Å²) in [6.45, 7) is 2.98. The maximum Gasteiger partial charge on any atom is 0.287 e. The number of nitrogens with zero attached hydrogens (tertiary/aromatic N) is 1. The molecule has 1 aromatic heterocycles. The summed E-state index contributed by atoms with van der Waals surface area (Å²) in [5.41, 5.74) is 1.72. The Morgan fingerprint density at radius 3 is 3.14 bits per heavy atom. The highest BCUT2D eigenvalue weighted by atomic mass is 16.5. The molecule has 0 bridgehead atoms. The number of hydrogen-bond donors (Lipinski definition) is 2. The molecule has 4 atom stereocenters. The van der Waals surface area contributed by atoms with Crippen molar-refractivity contribution in [2.75, 3.05) is 6.61 Å². The van der Waals surface area contributed by atoms with E-state index < -0.39 is 0 Å². The number of imidazole rings is 1. The van der Waals surface area contributed by atoms with Gasteiger partial charge in [0.25, 0.3) is 5.91 Å². The molecule has 4 rings (SSSR count). The number of hydrogen-bond acceptors (Lipinski definition) is 3. The van der Waals surface area contributed by atoms with Gasteiger partial charge in [-0.3, -0.25) is 4.79 Å². The summed E-state index contributed by atoms with van der Waals surface area (Å²) < 4.78 is 5.75. The number of aromatic amines is 1. The fourth-order valence-electron chi connectivity index (χ4n) is 3.81. The van der Waals surface area contributed by atoms with Crippen LogP contribution in [0.3, 0.4) is 0 Å². The van der Waals surface area contributed by atoms with Gasteiger partial charge in [-0.15, -0.1) is 0 Å². The predicted molar refractivity (Wildman–Crippen MR) is 79.0 cm³/mol. The van der Waals surface area contributed by atoms with E-state index >= 15 is 0 Å². The molecule has 2 N–H and O–H groups in total. The van der Waals surface area contributed by atoms with Gasteiger partial charge in [-0.2, -0.15) is 0 Å².